The van der Waals surface area contributed by atoms with Crippen LogP contribution in [0.3, 0.4) is 0 Å². The molecule has 0 radical (unpaired) electrons. The number of carboxylic acids is 1. The first kappa shape index (κ1) is 15.5. The molecule has 1 aromatic rings. The van der Waals surface area contributed by atoms with Gasteiger partial charge >= 0.3 is 5.97 Å². The van der Waals surface area contributed by atoms with Gasteiger partial charge in [-0.2, -0.15) is 0 Å². The van der Waals surface area contributed by atoms with Crippen molar-refractivity contribution in [2.24, 2.45) is 0 Å². The molecule has 116 valence electrons. The Morgan fingerprint density at radius 1 is 1.43 bits per heavy atom. The molecule has 1 saturated carbocycles. The molecule has 2 rings (SSSR count). The summed E-state index contributed by atoms with van der Waals surface area (Å²) in [7, 11) is 0. The lowest BCUT2D eigenvalue weighted by Crippen LogP contribution is -2.54. The molecule has 1 aromatic heterocycles. The van der Waals surface area contributed by atoms with Gasteiger partial charge in [-0.1, -0.05) is 6.92 Å². The Kier molecular flexibility index (Phi) is 4.62. The molecular formula is C14H21N3O4. The molecule has 0 aromatic carbocycles. The van der Waals surface area contributed by atoms with E-state index < -0.39 is 5.97 Å². The second kappa shape index (κ2) is 6.26. The van der Waals surface area contributed by atoms with Gasteiger partial charge in [0.2, 0.25) is 5.76 Å². The van der Waals surface area contributed by atoms with Crippen LogP contribution in [-0.4, -0.2) is 52.0 Å². The monoisotopic (exact) mass is 295 g/mol. The van der Waals surface area contributed by atoms with Gasteiger partial charge < -0.3 is 14.8 Å². The Bertz CT molecular complexity index is 534. The number of nitrogens with one attached hydrogen (secondary N) is 1. The van der Waals surface area contributed by atoms with E-state index in [-0.39, 0.29) is 30.3 Å². The molecule has 21 heavy (non-hydrogen) atoms. The highest BCUT2D eigenvalue weighted by atomic mass is 16.4. The standard InChI is InChI=1S/C14H21N3O4/c1-4-17(7-12(18)19)11-5-10(6-11)16-14(20)13-8(2)15-9(3)21-13/h10-11H,4-7H2,1-3H3,(H,16,20)(H,18,19). The molecule has 1 heterocycles. The molecular weight excluding hydrogens is 274 g/mol. The fourth-order valence-electron chi connectivity index (χ4n) is 2.67. The predicted molar refractivity (Wildman–Crippen MR) is 75.1 cm³/mol. The third-order valence-corrected chi connectivity index (χ3v) is 3.82. The molecule has 1 fully saturated rings. The fraction of sp³-hybridized carbons (Fsp3) is 0.643. The highest BCUT2D eigenvalue weighted by Crippen LogP contribution is 2.26. The van der Waals surface area contributed by atoms with E-state index in [1.807, 2.05) is 11.8 Å². The van der Waals surface area contributed by atoms with Crippen LogP contribution >= 0.6 is 0 Å². The second-order valence-electron chi connectivity index (χ2n) is 5.40. The first-order chi connectivity index (χ1) is 9.90. The van der Waals surface area contributed by atoms with E-state index in [4.69, 9.17) is 9.52 Å². The van der Waals surface area contributed by atoms with Gasteiger partial charge in [-0.25, -0.2) is 4.98 Å². The maximum atomic E-state index is 12.1. The summed E-state index contributed by atoms with van der Waals surface area (Å²) in [6.45, 7) is 6.12. The number of likely N-dealkylation sites (N-methyl/N-ethyl adjacent to an activating group) is 1. The van der Waals surface area contributed by atoms with Crippen molar-refractivity contribution < 1.29 is 19.1 Å². The third-order valence-electron chi connectivity index (χ3n) is 3.82. The van der Waals surface area contributed by atoms with Crippen molar-refractivity contribution in [2.45, 2.75) is 45.7 Å². The van der Waals surface area contributed by atoms with Crippen LogP contribution < -0.4 is 5.32 Å². The first-order valence-electron chi connectivity index (χ1n) is 7.11. The van der Waals surface area contributed by atoms with Crippen molar-refractivity contribution in [3.05, 3.63) is 17.3 Å². The topological polar surface area (TPSA) is 95.7 Å². The molecule has 1 amide bonds. The Labute approximate surface area is 123 Å². The number of hydrogen-bond acceptors (Lipinski definition) is 5. The highest BCUT2D eigenvalue weighted by Gasteiger charge is 2.35. The molecule has 0 atom stereocenters. The van der Waals surface area contributed by atoms with Gasteiger partial charge in [0.25, 0.3) is 5.91 Å². The van der Waals surface area contributed by atoms with Crippen LogP contribution in [0.15, 0.2) is 4.42 Å². The SMILES string of the molecule is CCN(CC(=O)O)C1CC(NC(=O)c2oc(C)nc2C)C1. The van der Waals surface area contributed by atoms with E-state index in [1.54, 1.807) is 13.8 Å². The summed E-state index contributed by atoms with van der Waals surface area (Å²) >= 11 is 0. The molecule has 0 unspecified atom stereocenters. The van der Waals surface area contributed by atoms with Gasteiger partial charge in [-0.15, -0.1) is 0 Å². The van der Waals surface area contributed by atoms with Crippen LogP contribution in [0.2, 0.25) is 0 Å². The van der Waals surface area contributed by atoms with Crippen LogP contribution in [0, 0.1) is 13.8 Å². The van der Waals surface area contributed by atoms with Gasteiger partial charge in [-0.05, 0) is 26.3 Å². The van der Waals surface area contributed by atoms with E-state index in [1.165, 1.54) is 0 Å². The average molecular weight is 295 g/mol. The molecule has 1 aliphatic rings. The van der Waals surface area contributed by atoms with Crippen LogP contribution in [-0.2, 0) is 4.79 Å². The zero-order valence-electron chi connectivity index (χ0n) is 12.5. The van der Waals surface area contributed by atoms with Crippen LogP contribution in [0.4, 0.5) is 0 Å². The number of amides is 1. The molecule has 0 aliphatic heterocycles. The van der Waals surface area contributed by atoms with Crippen LogP contribution in [0.5, 0.6) is 0 Å². The quantitative estimate of drug-likeness (QED) is 0.811. The minimum Gasteiger partial charge on any atom is -0.480 e. The molecule has 2 N–H and O–H groups in total. The van der Waals surface area contributed by atoms with E-state index in [0.717, 1.165) is 12.8 Å². The van der Waals surface area contributed by atoms with Gasteiger partial charge in [-0.3, -0.25) is 14.5 Å². The average Bonchev–Trinajstić information content (AvgIpc) is 2.69. The van der Waals surface area contributed by atoms with Gasteiger partial charge in [0.15, 0.2) is 5.89 Å². The summed E-state index contributed by atoms with van der Waals surface area (Å²) in [6, 6.07) is 0.282. The summed E-state index contributed by atoms with van der Waals surface area (Å²) in [5, 5.41) is 11.7. The molecule has 0 bridgehead atoms. The van der Waals surface area contributed by atoms with Gasteiger partial charge in [0, 0.05) is 19.0 Å². The number of oxazole rings is 1. The number of carbonyl (C=O) groups excluding carboxylic acids is 1. The number of aliphatic carboxylic acids is 1. The first-order valence-corrected chi connectivity index (χ1v) is 7.11. The van der Waals surface area contributed by atoms with Crippen molar-refractivity contribution >= 4 is 11.9 Å². The van der Waals surface area contributed by atoms with E-state index >= 15 is 0 Å². The molecule has 0 spiro atoms. The van der Waals surface area contributed by atoms with Gasteiger partial charge in [0.1, 0.15) is 0 Å². The smallest absolute Gasteiger partial charge is 0.317 e. The number of aryl methyl sites for hydroxylation is 2. The minimum atomic E-state index is -0.822. The normalized spacial score (nSPS) is 21.1. The second-order valence-corrected chi connectivity index (χ2v) is 5.40. The lowest BCUT2D eigenvalue weighted by Gasteiger charge is -2.42. The summed E-state index contributed by atoms with van der Waals surface area (Å²) in [6.07, 6.45) is 1.53. The maximum Gasteiger partial charge on any atom is 0.317 e. The number of hydrogen-bond donors (Lipinski definition) is 2. The molecule has 0 saturated heterocycles. The Hall–Kier alpha value is -1.89. The summed E-state index contributed by atoms with van der Waals surface area (Å²) in [5.41, 5.74) is 0.585. The molecule has 7 heteroatoms. The largest absolute Gasteiger partial charge is 0.480 e. The van der Waals surface area contributed by atoms with Crippen LogP contribution in [0.25, 0.3) is 0 Å². The van der Waals surface area contributed by atoms with Crippen molar-refractivity contribution in [1.29, 1.82) is 0 Å². The highest BCUT2D eigenvalue weighted by molar-refractivity contribution is 5.92. The zero-order chi connectivity index (χ0) is 15.6. The predicted octanol–water partition coefficient (Wildman–Crippen LogP) is 0.959. The Morgan fingerprint density at radius 2 is 2.10 bits per heavy atom. The lowest BCUT2D eigenvalue weighted by molar-refractivity contribution is -0.139. The Morgan fingerprint density at radius 3 is 2.57 bits per heavy atom. The molecule has 7 nitrogen and oxygen atoms in total. The number of carboxylic acid groups (broad SMARTS) is 1. The van der Waals surface area contributed by atoms with E-state index in [9.17, 15) is 9.59 Å². The number of nitrogens with zero attached hydrogens (tertiary/aromatic N) is 2. The van der Waals surface area contributed by atoms with Crippen molar-refractivity contribution in [3.63, 3.8) is 0 Å². The summed E-state index contributed by atoms with van der Waals surface area (Å²) < 4.78 is 5.28. The van der Waals surface area contributed by atoms with Gasteiger partial charge in [0.05, 0.1) is 12.2 Å². The lowest BCUT2D eigenvalue weighted by atomic mass is 9.85. The number of aromatic nitrogens is 1. The van der Waals surface area contributed by atoms with E-state index in [2.05, 4.69) is 10.3 Å². The minimum absolute atomic E-state index is 0.0439. The number of carbonyl (C=O) groups is 2. The van der Waals surface area contributed by atoms with Crippen molar-refractivity contribution in [2.75, 3.05) is 13.1 Å². The molecule has 1 aliphatic carbocycles. The van der Waals surface area contributed by atoms with Crippen molar-refractivity contribution in [1.82, 2.24) is 15.2 Å². The zero-order valence-corrected chi connectivity index (χ0v) is 12.5. The Balaban J connectivity index is 1.83. The van der Waals surface area contributed by atoms with E-state index in [0.29, 0.717) is 18.1 Å². The number of rotatable bonds is 6. The van der Waals surface area contributed by atoms with Crippen LogP contribution in [0.1, 0.15) is 41.9 Å². The third kappa shape index (κ3) is 3.60. The van der Waals surface area contributed by atoms with Crippen molar-refractivity contribution in [3.8, 4) is 0 Å². The maximum absolute atomic E-state index is 12.1. The fourth-order valence-corrected chi connectivity index (χ4v) is 2.67. The summed E-state index contributed by atoms with van der Waals surface area (Å²) in [4.78, 5) is 28.8. The summed E-state index contributed by atoms with van der Waals surface area (Å²) in [5.74, 6) is -0.341.